The van der Waals surface area contributed by atoms with Gasteiger partial charge in [0.15, 0.2) is 11.7 Å². The van der Waals surface area contributed by atoms with Crippen LogP contribution in [-0.4, -0.2) is 55.1 Å². The fourth-order valence-corrected chi connectivity index (χ4v) is 3.93. The molecule has 2 heterocycles. The van der Waals surface area contributed by atoms with Gasteiger partial charge in [-0.05, 0) is 31.8 Å². The summed E-state index contributed by atoms with van der Waals surface area (Å²) in [5, 5.41) is 8.03. The minimum atomic E-state index is -4.37. The Hall–Kier alpha value is -1.35. The number of halogens is 3. The number of nitrogens with one attached hydrogen (secondary N) is 2. The van der Waals surface area contributed by atoms with Crippen LogP contribution in [0.3, 0.4) is 0 Å². The summed E-state index contributed by atoms with van der Waals surface area (Å²) in [4.78, 5) is 10.4. The lowest BCUT2D eigenvalue weighted by molar-refractivity contribution is -0.140. The molecule has 9 heteroatoms. The van der Waals surface area contributed by atoms with Gasteiger partial charge in [0.1, 0.15) is 0 Å². The lowest BCUT2D eigenvalue weighted by Crippen LogP contribution is -2.48. The van der Waals surface area contributed by atoms with Gasteiger partial charge >= 0.3 is 6.18 Å². The van der Waals surface area contributed by atoms with Crippen LogP contribution in [0.15, 0.2) is 10.4 Å². The van der Waals surface area contributed by atoms with Crippen LogP contribution in [0.2, 0.25) is 0 Å². The van der Waals surface area contributed by atoms with E-state index in [4.69, 9.17) is 0 Å². The van der Waals surface area contributed by atoms with Crippen molar-refractivity contribution in [2.24, 2.45) is 10.9 Å². The second-order valence-electron chi connectivity index (χ2n) is 6.81. The maximum absolute atomic E-state index is 12.6. The van der Waals surface area contributed by atoms with E-state index in [2.05, 4.69) is 39.4 Å². The highest BCUT2D eigenvalue weighted by atomic mass is 32.1. The van der Waals surface area contributed by atoms with E-state index in [1.165, 1.54) is 12.8 Å². The first kappa shape index (κ1) is 21.0. The van der Waals surface area contributed by atoms with Gasteiger partial charge in [-0.1, -0.05) is 13.8 Å². The maximum Gasteiger partial charge on any atom is 0.434 e. The van der Waals surface area contributed by atoms with Crippen LogP contribution in [0.1, 0.15) is 37.4 Å². The molecule has 2 rings (SSSR count). The third-order valence-corrected chi connectivity index (χ3v) is 5.46. The minimum Gasteiger partial charge on any atom is -0.356 e. The van der Waals surface area contributed by atoms with Gasteiger partial charge in [0.25, 0.3) is 0 Å². The number of thiazole rings is 1. The predicted molar refractivity (Wildman–Crippen MR) is 99.6 cm³/mol. The average Bonchev–Trinajstić information content (AvgIpc) is 3.24. The molecule has 1 unspecified atom stereocenters. The van der Waals surface area contributed by atoms with Crippen molar-refractivity contribution in [1.29, 1.82) is 0 Å². The molecule has 1 saturated heterocycles. The van der Waals surface area contributed by atoms with Crippen LogP contribution >= 0.6 is 11.3 Å². The molecule has 2 N–H and O–H groups in total. The Balaban J connectivity index is 1.77. The third-order valence-electron chi connectivity index (χ3n) is 4.55. The summed E-state index contributed by atoms with van der Waals surface area (Å²) in [6, 6.07) is 0.448. The number of alkyl halides is 3. The highest BCUT2D eigenvalue weighted by Gasteiger charge is 2.33. The third kappa shape index (κ3) is 6.12. The van der Waals surface area contributed by atoms with Gasteiger partial charge in [-0.15, -0.1) is 11.3 Å². The van der Waals surface area contributed by atoms with E-state index in [0.29, 0.717) is 35.9 Å². The Bertz CT molecular complexity index is 579. The number of likely N-dealkylation sites (tertiary alicyclic amines) is 1. The Morgan fingerprint density at radius 1 is 1.31 bits per heavy atom. The van der Waals surface area contributed by atoms with E-state index >= 15 is 0 Å². The number of hydrogen-bond donors (Lipinski definition) is 2. The van der Waals surface area contributed by atoms with Crippen LogP contribution in [-0.2, 0) is 12.6 Å². The first-order valence-corrected chi connectivity index (χ1v) is 9.89. The van der Waals surface area contributed by atoms with Crippen molar-refractivity contribution in [1.82, 2.24) is 20.5 Å². The summed E-state index contributed by atoms with van der Waals surface area (Å²) in [5.74, 6) is 1.21. The van der Waals surface area contributed by atoms with E-state index in [1.54, 1.807) is 7.05 Å². The minimum absolute atomic E-state index is 0.432. The van der Waals surface area contributed by atoms with Gasteiger partial charge in [0.2, 0.25) is 0 Å². The largest absolute Gasteiger partial charge is 0.434 e. The average molecular weight is 392 g/mol. The summed E-state index contributed by atoms with van der Waals surface area (Å²) >= 11 is 1.04. The second-order valence-corrected chi connectivity index (χ2v) is 7.75. The standard InChI is InChI=1S/C17H28F3N5S/c1-12(2)13(25-8-4-5-9-25)10-23-16(21-3)22-7-6-15-24-14(11-26-15)17(18,19)20/h11-13H,4-10H2,1-3H3,(H2,21,22,23). The summed E-state index contributed by atoms with van der Waals surface area (Å²) in [6.45, 7) is 8.01. The fourth-order valence-electron chi connectivity index (χ4n) is 3.13. The number of nitrogens with zero attached hydrogens (tertiary/aromatic N) is 3. The molecular weight excluding hydrogens is 363 g/mol. The molecule has 1 atom stereocenters. The molecule has 1 aliphatic heterocycles. The Kier molecular flexibility index (Phi) is 7.69. The van der Waals surface area contributed by atoms with Crippen LogP contribution < -0.4 is 10.6 Å². The van der Waals surface area contributed by atoms with Gasteiger partial charge in [0.05, 0.1) is 5.01 Å². The quantitative estimate of drug-likeness (QED) is 0.554. The number of hydrogen-bond acceptors (Lipinski definition) is 4. The van der Waals surface area contributed by atoms with Crippen molar-refractivity contribution in [3.8, 4) is 0 Å². The Morgan fingerprint density at radius 3 is 2.54 bits per heavy atom. The Labute approximate surface area is 157 Å². The second kappa shape index (κ2) is 9.55. The molecule has 0 aromatic carbocycles. The maximum atomic E-state index is 12.6. The molecule has 1 aromatic rings. The van der Waals surface area contributed by atoms with Gasteiger partial charge in [-0.25, -0.2) is 4.98 Å². The van der Waals surface area contributed by atoms with Gasteiger partial charge < -0.3 is 10.6 Å². The fraction of sp³-hybridized carbons (Fsp3) is 0.765. The molecule has 0 spiro atoms. The first-order chi connectivity index (χ1) is 12.3. The lowest BCUT2D eigenvalue weighted by atomic mass is 10.0. The molecule has 26 heavy (non-hydrogen) atoms. The van der Waals surface area contributed by atoms with E-state index in [1.807, 2.05) is 0 Å². The summed E-state index contributed by atoms with van der Waals surface area (Å²) in [7, 11) is 1.70. The number of aromatic nitrogens is 1. The number of guanidine groups is 1. The van der Waals surface area contributed by atoms with E-state index < -0.39 is 11.9 Å². The number of aliphatic imine (C=N–C) groups is 1. The monoisotopic (exact) mass is 391 g/mol. The van der Waals surface area contributed by atoms with Crippen molar-refractivity contribution in [3.05, 3.63) is 16.1 Å². The molecular formula is C17H28F3N5S. The first-order valence-electron chi connectivity index (χ1n) is 9.01. The van der Waals surface area contributed by atoms with Crippen molar-refractivity contribution >= 4 is 17.3 Å². The van der Waals surface area contributed by atoms with Crippen LogP contribution in [0.5, 0.6) is 0 Å². The molecule has 0 saturated carbocycles. The summed E-state index contributed by atoms with van der Waals surface area (Å²) < 4.78 is 37.7. The van der Waals surface area contributed by atoms with Crippen molar-refractivity contribution in [3.63, 3.8) is 0 Å². The molecule has 0 aliphatic carbocycles. The van der Waals surface area contributed by atoms with E-state index in [0.717, 1.165) is 36.4 Å². The summed E-state index contributed by atoms with van der Waals surface area (Å²) in [5.41, 5.74) is -0.814. The van der Waals surface area contributed by atoms with E-state index in [-0.39, 0.29) is 0 Å². The predicted octanol–water partition coefficient (Wildman–Crippen LogP) is 2.99. The van der Waals surface area contributed by atoms with Crippen LogP contribution in [0.4, 0.5) is 13.2 Å². The lowest BCUT2D eigenvalue weighted by Gasteiger charge is -2.31. The molecule has 1 aromatic heterocycles. The molecule has 0 amide bonds. The molecule has 0 radical (unpaired) electrons. The van der Waals surface area contributed by atoms with Crippen molar-refractivity contribution < 1.29 is 13.2 Å². The van der Waals surface area contributed by atoms with Crippen LogP contribution in [0, 0.1) is 5.92 Å². The highest BCUT2D eigenvalue weighted by molar-refractivity contribution is 7.09. The van der Waals surface area contributed by atoms with Crippen molar-refractivity contribution in [2.75, 3.05) is 33.2 Å². The Morgan fingerprint density at radius 2 is 2.00 bits per heavy atom. The van der Waals surface area contributed by atoms with Crippen molar-refractivity contribution in [2.45, 2.75) is 45.3 Å². The summed E-state index contributed by atoms with van der Waals surface area (Å²) in [6.07, 6.45) is -1.43. The van der Waals surface area contributed by atoms with Crippen LogP contribution in [0.25, 0.3) is 0 Å². The molecule has 0 bridgehead atoms. The topological polar surface area (TPSA) is 52.6 Å². The zero-order chi connectivity index (χ0) is 19.2. The van der Waals surface area contributed by atoms with Gasteiger partial charge in [-0.2, -0.15) is 13.2 Å². The molecule has 1 aliphatic rings. The SMILES string of the molecule is CN=C(NCCc1nc(C(F)(F)F)cs1)NCC(C(C)C)N1CCCC1. The molecule has 1 fully saturated rings. The van der Waals surface area contributed by atoms with E-state index in [9.17, 15) is 13.2 Å². The molecule has 148 valence electrons. The zero-order valence-electron chi connectivity index (χ0n) is 15.6. The number of rotatable bonds is 7. The van der Waals surface area contributed by atoms with Gasteiger partial charge in [0, 0.05) is 38.0 Å². The normalized spacial score (nSPS) is 17.7. The smallest absolute Gasteiger partial charge is 0.356 e. The zero-order valence-corrected chi connectivity index (χ0v) is 16.4. The molecule has 5 nitrogen and oxygen atoms in total. The van der Waals surface area contributed by atoms with Gasteiger partial charge in [-0.3, -0.25) is 9.89 Å². The highest BCUT2D eigenvalue weighted by Crippen LogP contribution is 2.30.